The molecule has 1 amide bonds. The minimum atomic E-state index is -0.292. The van der Waals surface area contributed by atoms with Gasteiger partial charge >= 0.3 is 0 Å². The third-order valence-electron chi connectivity index (χ3n) is 5.67. The van der Waals surface area contributed by atoms with Crippen molar-refractivity contribution in [1.29, 1.82) is 0 Å². The van der Waals surface area contributed by atoms with Crippen molar-refractivity contribution in [3.63, 3.8) is 0 Å². The number of aromatic amines is 1. The standard InChI is InChI=1S/C20H17Cl2N5O/c21-12-3-1-2-11(7-12)19-26-17-16(13(22)8-24-20(17)27-19)25-15-10-5-4-9(6-10)14(15)18(23)28/h1-5,7-10,14-15H,6H2,(H2,23,28)(H2,24,25,26,27). The number of carbonyl (C=O) groups excluding carboxylic acids is 1. The van der Waals surface area contributed by atoms with Gasteiger partial charge in [0, 0.05) is 16.6 Å². The zero-order chi connectivity index (χ0) is 19.4. The van der Waals surface area contributed by atoms with Crippen LogP contribution in [0.5, 0.6) is 0 Å². The van der Waals surface area contributed by atoms with E-state index in [1.165, 1.54) is 0 Å². The number of aromatic nitrogens is 3. The zero-order valence-corrected chi connectivity index (χ0v) is 16.2. The van der Waals surface area contributed by atoms with E-state index in [0.29, 0.717) is 32.7 Å². The highest BCUT2D eigenvalue weighted by Crippen LogP contribution is 2.46. The highest BCUT2D eigenvalue weighted by Gasteiger charge is 2.47. The average Bonchev–Trinajstić information content (AvgIpc) is 3.38. The number of rotatable bonds is 4. The minimum Gasteiger partial charge on any atom is -0.378 e. The highest BCUT2D eigenvalue weighted by molar-refractivity contribution is 6.34. The van der Waals surface area contributed by atoms with Crippen LogP contribution in [0, 0.1) is 17.8 Å². The summed E-state index contributed by atoms with van der Waals surface area (Å²) in [6, 6.07) is 7.32. The summed E-state index contributed by atoms with van der Waals surface area (Å²) in [7, 11) is 0. The van der Waals surface area contributed by atoms with Crippen LogP contribution in [0.25, 0.3) is 22.6 Å². The molecule has 0 spiro atoms. The number of allylic oxidation sites excluding steroid dienone is 1. The fourth-order valence-corrected chi connectivity index (χ4v) is 4.81. The molecular formula is C20H17Cl2N5O. The summed E-state index contributed by atoms with van der Waals surface area (Å²) in [5.41, 5.74) is 8.45. The molecule has 0 saturated heterocycles. The summed E-state index contributed by atoms with van der Waals surface area (Å²) < 4.78 is 0. The Morgan fingerprint density at radius 1 is 1.25 bits per heavy atom. The number of hydrogen-bond acceptors (Lipinski definition) is 4. The predicted molar refractivity (Wildman–Crippen MR) is 110 cm³/mol. The van der Waals surface area contributed by atoms with E-state index in [2.05, 4.69) is 32.4 Å². The van der Waals surface area contributed by atoms with Crippen LogP contribution in [0.1, 0.15) is 6.42 Å². The Morgan fingerprint density at radius 3 is 2.86 bits per heavy atom. The van der Waals surface area contributed by atoms with Gasteiger partial charge in [-0.1, -0.05) is 47.5 Å². The maximum Gasteiger partial charge on any atom is 0.223 e. The first-order chi connectivity index (χ1) is 13.5. The minimum absolute atomic E-state index is 0.103. The van der Waals surface area contributed by atoms with Crippen molar-refractivity contribution < 1.29 is 4.79 Å². The molecule has 0 aliphatic heterocycles. The number of nitrogens with one attached hydrogen (secondary N) is 2. The number of hydrogen-bond donors (Lipinski definition) is 3. The SMILES string of the molecule is NC(=O)C1C2C=CC(C2)C1Nc1c(Cl)cnc2nc(-c3cccc(Cl)c3)[nH]c12. The van der Waals surface area contributed by atoms with Crippen molar-refractivity contribution in [2.24, 2.45) is 23.5 Å². The summed E-state index contributed by atoms with van der Waals surface area (Å²) in [5.74, 6) is 0.524. The van der Waals surface area contributed by atoms with Crippen LogP contribution in [-0.2, 0) is 4.79 Å². The molecule has 0 radical (unpaired) electrons. The number of nitrogens with two attached hydrogens (primary N) is 1. The third-order valence-corrected chi connectivity index (χ3v) is 6.19. The zero-order valence-electron chi connectivity index (χ0n) is 14.7. The van der Waals surface area contributed by atoms with Gasteiger partial charge in [0.05, 0.1) is 22.8 Å². The van der Waals surface area contributed by atoms with Crippen LogP contribution in [0.3, 0.4) is 0 Å². The number of nitrogens with zero attached hydrogens (tertiary/aromatic N) is 2. The largest absolute Gasteiger partial charge is 0.378 e. The highest BCUT2D eigenvalue weighted by atomic mass is 35.5. The smallest absolute Gasteiger partial charge is 0.223 e. The van der Waals surface area contributed by atoms with Gasteiger partial charge in [-0.25, -0.2) is 9.97 Å². The summed E-state index contributed by atoms with van der Waals surface area (Å²) >= 11 is 12.6. The van der Waals surface area contributed by atoms with Gasteiger partial charge in [0.2, 0.25) is 5.91 Å². The van der Waals surface area contributed by atoms with Crippen LogP contribution in [0.4, 0.5) is 5.69 Å². The molecular weight excluding hydrogens is 397 g/mol. The van der Waals surface area contributed by atoms with Crippen LogP contribution < -0.4 is 11.1 Å². The number of fused-ring (bicyclic) bond motifs is 3. The number of anilines is 1. The molecule has 1 fully saturated rings. The van der Waals surface area contributed by atoms with Crippen molar-refractivity contribution in [1.82, 2.24) is 15.0 Å². The Hall–Kier alpha value is -2.57. The average molecular weight is 414 g/mol. The molecule has 2 aromatic heterocycles. The number of amides is 1. The van der Waals surface area contributed by atoms with Crippen molar-refractivity contribution in [3.8, 4) is 11.4 Å². The van der Waals surface area contributed by atoms with E-state index < -0.39 is 0 Å². The van der Waals surface area contributed by atoms with Gasteiger partial charge < -0.3 is 16.0 Å². The fourth-order valence-electron chi connectivity index (χ4n) is 4.42. The molecule has 2 bridgehead atoms. The van der Waals surface area contributed by atoms with Gasteiger partial charge in [0.15, 0.2) is 5.65 Å². The lowest BCUT2D eigenvalue weighted by Crippen LogP contribution is -2.41. The Bertz CT molecular complexity index is 1120. The fraction of sp³-hybridized carbons (Fsp3) is 0.250. The van der Waals surface area contributed by atoms with E-state index in [4.69, 9.17) is 28.9 Å². The second kappa shape index (κ2) is 6.50. The number of halogens is 2. The van der Waals surface area contributed by atoms with Crippen molar-refractivity contribution in [2.45, 2.75) is 12.5 Å². The monoisotopic (exact) mass is 413 g/mol. The Kier molecular flexibility index (Phi) is 4.07. The molecule has 2 aliphatic carbocycles. The summed E-state index contributed by atoms with van der Waals surface area (Å²) in [6.45, 7) is 0. The molecule has 1 aromatic carbocycles. The summed E-state index contributed by atoms with van der Waals surface area (Å²) in [4.78, 5) is 24.2. The van der Waals surface area contributed by atoms with Crippen molar-refractivity contribution in [3.05, 3.63) is 52.7 Å². The molecule has 1 saturated carbocycles. The molecule has 4 N–H and O–H groups in total. The van der Waals surface area contributed by atoms with E-state index in [0.717, 1.165) is 12.0 Å². The molecule has 2 aliphatic rings. The number of primary amides is 1. The molecule has 4 unspecified atom stereocenters. The Morgan fingerprint density at radius 2 is 2.07 bits per heavy atom. The second-order valence-corrected chi connectivity index (χ2v) is 8.17. The molecule has 28 heavy (non-hydrogen) atoms. The molecule has 5 rings (SSSR count). The number of H-pyrrole nitrogens is 1. The number of pyridine rings is 1. The van der Waals surface area contributed by atoms with Gasteiger partial charge in [-0.15, -0.1) is 0 Å². The Balaban J connectivity index is 1.57. The van der Waals surface area contributed by atoms with Gasteiger partial charge in [-0.05, 0) is 30.4 Å². The van der Waals surface area contributed by atoms with Gasteiger partial charge in [-0.2, -0.15) is 0 Å². The topological polar surface area (TPSA) is 96.7 Å². The van der Waals surface area contributed by atoms with E-state index in [1.807, 2.05) is 24.3 Å². The van der Waals surface area contributed by atoms with Gasteiger partial charge in [0.25, 0.3) is 0 Å². The van der Waals surface area contributed by atoms with Crippen LogP contribution in [0.15, 0.2) is 42.6 Å². The van der Waals surface area contributed by atoms with E-state index in [1.54, 1.807) is 6.20 Å². The first-order valence-corrected chi connectivity index (χ1v) is 9.81. The van der Waals surface area contributed by atoms with Gasteiger partial charge in [-0.3, -0.25) is 4.79 Å². The number of carbonyl (C=O) groups is 1. The third kappa shape index (κ3) is 2.75. The maximum absolute atomic E-state index is 12.0. The molecule has 8 heteroatoms. The summed E-state index contributed by atoms with van der Waals surface area (Å²) in [6.07, 6.45) is 6.74. The number of benzene rings is 1. The van der Waals surface area contributed by atoms with E-state index in [-0.39, 0.29) is 29.7 Å². The first-order valence-electron chi connectivity index (χ1n) is 9.05. The van der Waals surface area contributed by atoms with Crippen molar-refractivity contribution in [2.75, 3.05) is 5.32 Å². The lowest BCUT2D eigenvalue weighted by atomic mass is 9.88. The quantitative estimate of drug-likeness (QED) is 0.562. The normalized spacial score (nSPS) is 25.5. The maximum atomic E-state index is 12.0. The molecule has 4 atom stereocenters. The second-order valence-electron chi connectivity index (χ2n) is 7.32. The molecule has 2 heterocycles. The lowest BCUT2D eigenvalue weighted by molar-refractivity contribution is -0.122. The first kappa shape index (κ1) is 17.5. The molecule has 142 valence electrons. The van der Waals surface area contributed by atoms with Crippen LogP contribution in [-0.4, -0.2) is 26.9 Å². The van der Waals surface area contributed by atoms with Crippen LogP contribution >= 0.6 is 23.2 Å². The van der Waals surface area contributed by atoms with E-state index in [9.17, 15) is 4.79 Å². The molecule has 3 aromatic rings. The van der Waals surface area contributed by atoms with E-state index >= 15 is 0 Å². The van der Waals surface area contributed by atoms with Crippen molar-refractivity contribution >= 4 is 46.0 Å². The molecule has 6 nitrogen and oxygen atoms in total. The number of imidazole rings is 1. The summed E-state index contributed by atoms with van der Waals surface area (Å²) in [5, 5.41) is 4.56. The predicted octanol–water partition coefficient (Wildman–Crippen LogP) is 4.02. The lowest BCUT2D eigenvalue weighted by Gasteiger charge is -2.28. The van der Waals surface area contributed by atoms with Gasteiger partial charge in [0.1, 0.15) is 11.3 Å². The Labute approximate surface area is 171 Å². The van der Waals surface area contributed by atoms with Crippen LogP contribution in [0.2, 0.25) is 10.0 Å².